The first-order valence-electron chi connectivity index (χ1n) is 5.77. The number of hydrogen-bond donors (Lipinski definition) is 2. The van der Waals surface area contributed by atoms with Crippen molar-refractivity contribution < 1.29 is 14.7 Å². The van der Waals surface area contributed by atoms with Gasteiger partial charge in [0.2, 0.25) is 0 Å². The average Bonchev–Trinajstić information content (AvgIpc) is 2.65. The molecule has 8 heteroatoms. The maximum Gasteiger partial charge on any atom is 0.356 e. The molecule has 0 aromatic carbocycles. The zero-order chi connectivity index (χ0) is 14.9. The number of carboxylic acids is 1. The number of nitrogens with zero attached hydrogens (tertiary/aromatic N) is 4. The Hall–Kier alpha value is -2.77. The fourth-order valence-corrected chi connectivity index (χ4v) is 1.67. The van der Waals surface area contributed by atoms with Crippen molar-refractivity contribution in [3.8, 4) is 0 Å². The maximum atomic E-state index is 12.0. The number of carboxylic acid groups (broad SMARTS) is 1. The summed E-state index contributed by atoms with van der Waals surface area (Å²) in [6.07, 6.45) is 2.16. The van der Waals surface area contributed by atoms with E-state index in [1.807, 2.05) is 13.8 Å². The van der Waals surface area contributed by atoms with Gasteiger partial charge in [-0.25, -0.2) is 14.8 Å². The highest BCUT2D eigenvalue weighted by Gasteiger charge is 2.15. The van der Waals surface area contributed by atoms with Crippen molar-refractivity contribution in [3.05, 3.63) is 35.0 Å². The standard InChI is InChI=1S/C12H13N5O3/c1-6-7(2)16-17(3)10(6)15-11(18)8-4-14-9(5-13-8)12(19)20/h4-5H,1-3H3,(H,15,18)(H,19,20). The normalized spacial score (nSPS) is 10.3. The second kappa shape index (κ2) is 5.08. The van der Waals surface area contributed by atoms with Crippen molar-refractivity contribution in [2.24, 2.45) is 7.05 Å². The first kappa shape index (κ1) is 13.7. The Kier molecular flexibility index (Phi) is 3.47. The smallest absolute Gasteiger partial charge is 0.356 e. The van der Waals surface area contributed by atoms with Gasteiger partial charge in [-0.3, -0.25) is 9.48 Å². The summed E-state index contributed by atoms with van der Waals surface area (Å²) >= 11 is 0. The Morgan fingerprint density at radius 1 is 1.20 bits per heavy atom. The van der Waals surface area contributed by atoms with E-state index in [0.717, 1.165) is 23.7 Å². The molecular weight excluding hydrogens is 262 g/mol. The zero-order valence-corrected chi connectivity index (χ0v) is 11.2. The van der Waals surface area contributed by atoms with Gasteiger partial charge in [-0.2, -0.15) is 5.10 Å². The summed E-state index contributed by atoms with van der Waals surface area (Å²) in [4.78, 5) is 30.1. The molecule has 104 valence electrons. The van der Waals surface area contributed by atoms with Crippen molar-refractivity contribution >= 4 is 17.7 Å². The summed E-state index contributed by atoms with van der Waals surface area (Å²) < 4.78 is 1.56. The SMILES string of the molecule is Cc1nn(C)c(NC(=O)c2cnc(C(=O)O)cn2)c1C. The molecule has 2 N–H and O–H groups in total. The third-order valence-electron chi connectivity index (χ3n) is 2.86. The fraction of sp³-hybridized carbons (Fsp3) is 0.250. The monoisotopic (exact) mass is 275 g/mol. The van der Waals surface area contributed by atoms with Gasteiger partial charge < -0.3 is 10.4 Å². The molecule has 0 atom stereocenters. The van der Waals surface area contributed by atoms with Crippen molar-refractivity contribution in [2.45, 2.75) is 13.8 Å². The lowest BCUT2D eigenvalue weighted by atomic mass is 10.2. The van der Waals surface area contributed by atoms with E-state index in [1.54, 1.807) is 11.7 Å². The van der Waals surface area contributed by atoms with Gasteiger partial charge in [0.1, 0.15) is 11.5 Å². The minimum atomic E-state index is -1.19. The highest BCUT2D eigenvalue weighted by Crippen LogP contribution is 2.17. The minimum absolute atomic E-state index is 0.0354. The lowest BCUT2D eigenvalue weighted by molar-refractivity contribution is 0.0689. The molecule has 20 heavy (non-hydrogen) atoms. The molecule has 1 amide bonds. The van der Waals surface area contributed by atoms with Crippen LogP contribution in [0.1, 0.15) is 32.2 Å². The molecule has 0 aliphatic carbocycles. The molecule has 0 aliphatic rings. The molecule has 0 fully saturated rings. The van der Waals surface area contributed by atoms with Gasteiger partial charge in [0.05, 0.1) is 18.1 Å². The van der Waals surface area contributed by atoms with Crippen molar-refractivity contribution in [1.29, 1.82) is 0 Å². The van der Waals surface area contributed by atoms with Crippen LogP contribution in [0.2, 0.25) is 0 Å². The summed E-state index contributed by atoms with van der Waals surface area (Å²) in [5.41, 5.74) is 1.49. The fourth-order valence-electron chi connectivity index (χ4n) is 1.67. The topological polar surface area (TPSA) is 110 Å². The van der Waals surface area contributed by atoms with Gasteiger partial charge in [-0.15, -0.1) is 0 Å². The molecule has 0 saturated heterocycles. The number of rotatable bonds is 3. The average molecular weight is 275 g/mol. The number of carbonyl (C=O) groups excluding carboxylic acids is 1. The molecule has 0 saturated carbocycles. The Morgan fingerprint density at radius 3 is 2.25 bits per heavy atom. The number of aromatic carboxylic acids is 1. The summed E-state index contributed by atoms with van der Waals surface area (Å²) in [5, 5.41) is 15.6. The van der Waals surface area contributed by atoms with E-state index in [2.05, 4.69) is 20.4 Å². The van der Waals surface area contributed by atoms with Gasteiger partial charge >= 0.3 is 5.97 Å². The van der Waals surface area contributed by atoms with E-state index < -0.39 is 11.9 Å². The Labute approximate surface area is 114 Å². The third-order valence-corrected chi connectivity index (χ3v) is 2.86. The van der Waals surface area contributed by atoms with Crippen molar-refractivity contribution in [1.82, 2.24) is 19.7 Å². The van der Waals surface area contributed by atoms with E-state index in [0.29, 0.717) is 5.82 Å². The van der Waals surface area contributed by atoms with Crippen LogP contribution >= 0.6 is 0 Å². The van der Waals surface area contributed by atoms with Crippen LogP contribution < -0.4 is 5.32 Å². The molecule has 0 aliphatic heterocycles. The van der Waals surface area contributed by atoms with Crippen LogP contribution in [0.3, 0.4) is 0 Å². The van der Waals surface area contributed by atoms with Gasteiger partial charge in [-0.05, 0) is 13.8 Å². The number of amides is 1. The van der Waals surface area contributed by atoms with Gasteiger partial charge in [-0.1, -0.05) is 0 Å². The highest BCUT2D eigenvalue weighted by atomic mass is 16.4. The van der Waals surface area contributed by atoms with E-state index in [1.165, 1.54) is 0 Å². The Bertz CT molecular complexity index is 675. The number of aromatic nitrogens is 4. The predicted molar refractivity (Wildman–Crippen MR) is 69.6 cm³/mol. The lowest BCUT2D eigenvalue weighted by Crippen LogP contribution is -2.17. The van der Waals surface area contributed by atoms with Crippen LogP contribution in [0.15, 0.2) is 12.4 Å². The summed E-state index contributed by atoms with van der Waals surface area (Å²) in [7, 11) is 1.72. The van der Waals surface area contributed by atoms with Crippen LogP contribution in [0.4, 0.5) is 5.82 Å². The van der Waals surface area contributed by atoms with Gasteiger partial charge in [0, 0.05) is 12.6 Å². The number of nitrogens with one attached hydrogen (secondary N) is 1. The maximum absolute atomic E-state index is 12.0. The number of hydrogen-bond acceptors (Lipinski definition) is 5. The Morgan fingerprint density at radius 2 is 1.80 bits per heavy atom. The number of carbonyl (C=O) groups is 2. The molecule has 2 rings (SSSR count). The van der Waals surface area contributed by atoms with Crippen LogP contribution in [0, 0.1) is 13.8 Å². The highest BCUT2D eigenvalue weighted by molar-refractivity contribution is 6.02. The second-order valence-electron chi connectivity index (χ2n) is 4.23. The van der Waals surface area contributed by atoms with Crippen molar-refractivity contribution in [2.75, 3.05) is 5.32 Å². The number of anilines is 1. The molecular formula is C12H13N5O3. The van der Waals surface area contributed by atoms with Crippen molar-refractivity contribution in [3.63, 3.8) is 0 Å². The van der Waals surface area contributed by atoms with E-state index in [9.17, 15) is 9.59 Å². The van der Waals surface area contributed by atoms with E-state index in [-0.39, 0.29) is 11.4 Å². The summed E-state index contributed by atoms with van der Waals surface area (Å²) in [6.45, 7) is 3.68. The first-order chi connectivity index (χ1) is 9.40. The second-order valence-corrected chi connectivity index (χ2v) is 4.23. The quantitative estimate of drug-likeness (QED) is 0.856. The molecule has 8 nitrogen and oxygen atoms in total. The van der Waals surface area contributed by atoms with E-state index >= 15 is 0 Å². The van der Waals surface area contributed by atoms with Crippen LogP contribution in [-0.2, 0) is 7.05 Å². The van der Waals surface area contributed by atoms with Crippen LogP contribution in [-0.4, -0.2) is 36.7 Å². The molecule has 0 unspecified atom stereocenters. The molecule has 2 heterocycles. The summed E-state index contributed by atoms with van der Waals surface area (Å²) in [6, 6.07) is 0. The number of aryl methyl sites for hydroxylation is 2. The largest absolute Gasteiger partial charge is 0.476 e. The molecule has 0 bridgehead atoms. The Balaban J connectivity index is 2.22. The zero-order valence-electron chi connectivity index (χ0n) is 11.2. The molecule has 0 radical (unpaired) electrons. The predicted octanol–water partition coefficient (Wildman–Crippen LogP) is 0.777. The lowest BCUT2D eigenvalue weighted by Gasteiger charge is -2.06. The van der Waals surface area contributed by atoms with Crippen LogP contribution in [0.5, 0.6) is 0 Å². The van der Waals surface area contributed by atoms with Gasteiger partial charge in [0.25, 0.3) is 5.91 Å². The molecule has 2 aromatic rings. The van der Waals surface area contributed by atoms with E-state index in [4.69, 9.17) is 5.11 Å². The van der Waals surface area contributed by atoms with Crippen LogP contribution in [0.25, 0.3) is 0 Å². The van der Waals surface area contributed by atoms with Gasteiger partial charge in [0.15, 0.2) is 5.69 Å². The first-order valence-corrected chi connectivity index (χ1v) is 5.77. The summed E-state index contributed by atoms with van der Waals surface area (Å²) in [5.74, 6) is -1.10. The molecule has 2 aromatic heterocycles. The molecule has 0 spiro atoms. The minimum Gasteiger partial charge on any atom is -0.476 e. The third kappa shape index (κ3) is 2.48.